The minimum atomic E-state index is -3.93. The van der Waals surface area contributed by atoms with E-state index in [2.05, 4.69) is 27.0 Å². The largest absolute Gasteiger partial charge is 0.491 e. The van der Waals surface area contributed by atoms with Gasteiger partial charge in [-0.05, 0) is 66.8 Å². The molecule has 3 aliphatic heterocycles. The van der Waals surface area contributed by atoms with Gasteiger partial charge in [0.25, 0.3) is 11.5 Å². The van der Waals surface area contributed by atoms with Crippen molar-refractivity contribution in [1.82, 2.24) is 30.0 Å². The highest BCUT2D eigenvalue weighted by Crippen LogP contribution is 2.46. The second kappa shape index (κ2) is 15.1. The summed E-state index contributed by atoms with van der Waals surface area (Å²) in [5, 5.41) is 11.2. The summed E-state index contributed by atoms with van der Waals surface area (Å²) in [5.74, 6) is -2.89. The molecule has 8 rings (SSSR count). The molecule has 2 aromatic carbocycles. The van der Waals surface area contributed by atoms with Crippen LogP contribution in [-0.4, -0.2) is 89.5 Å². The minimum Gasteiger partial charge on any atom is -0.491 e. The Bertz CT molecular complexity index is 2200. The van der Waals surface area contributed by atoms with Crippen molar-refractivity contribution in [2.75, 3.05) is 19.8 Å². The third kappa shape index (κ3) is 7.68. The van der Waals surface area contributed by atoms with Crippen LogP contribution in [0, 0.1) is 11.8 Å². The molecule has 5 atom stereocenters. The molecule has 4 amide bonds. The summed E-state index contributed by atoms with van der Waals surface area (Å²) in [6.45, 7) is 7.51. The van der Waals surface area contributed by atoms with Gasteiger partial charge in [0.15, 0.2) is 5.75 Å². The molecule has 5 aliphatic rings. The van der Waals surface area contributed by atoms with Gasteiger partial charge < -0.3 is 25.0 Å². The number of sulfonamides is 1. The Morgan fingerprint density at radius 1 is 1.04 bits per heavy atom. The molecule has 1 saturated heterocycles. The molecule has 2 aliphatic carbocycles. The maximum atomic E-state index is 14.6. The van der Waals surface area contributed by atoms with Gasteiger partial charge in [-0.15, -0.1) is 6.58 Å². The number of carbonyl (C=O) groups is 4. The third-order valence-corrected chi connectivity index (χ3v) is 12.8. The summed E-state index contributed by atoms with van der Waals surface area (Å²) >= 11 is 0. The lowest BCUT2D eigenvalue weighted by molar-refractivity contribution is -0.141. The maximum absolute atomic E-state index is 14.6. The Labute approximate surface area is 318 Å². The molecule has 3 N–H and O–H groups in total. The fourth-order valence-electron chi connectivity index (χ4n) is 7.52. The molecule has 3 fully saturated rings. The fourth-order valence-corrected chi connectivity index (χ4v) is 8.89. The van der Waals surface area contributed by atoms with Crippen LogP contribution in [0.1, 0.15) is 64.8 Å². The smallest absolute Gasteiger partial charge is 0.407 e. The number of fused-ring (bicyclic) bond motifs is 13. The standard InChI is InChI=1S/C39H46N6O9S/c1-4-27-20-39(27,37(49)43-55(51,52)29-14-15-29)42-34(46)30-19-28-22-44(30)36(48)33(23(2)3)41-38(50)54-17-9-5-8-16-53-31-21-40-45(28)35(47)32(31)26-13-12-24-10-6-7-11-25(24)18-26/h4,6-7,10-13,18,21,23,27-30,33H,1,5,8-9,14-17,19-20,22H2,2-3H3,(H,41,50)(H,42,46)(H,43,49)/t27?,28-,30+,33+,39?/m1/s1. The number of hydrogen-bond acceptors (Lipinski definition) is 10. The quantitative estimate of drug-likeness (QED) is 0.286. The van der Waals surface area contributed by atoms with Gasteiger partial charge in [-0.25, -0.2) is 17.9 Å². The minimum absolute atomic E-state index is 0.0755. The van der Waals surface area contributed by atoms with Gasteiger partial charge in [0.05, 0.1) is 36.3 Å². The number of alkyl carbamates (subject to hydrolysis) is 1. The molecule has 55 heavy (non-hydrogen) atoms. The van der Waals surface area contributed by atoms with Crippen LogP contribution < -0.4 is 25.7 Å². The summed E-state index contributed by atoms with van der Waals surface area (Å²) in [4.78, 5) is 71.1. The molecule has 292 valence electrons. The Morgan fingerprint density at radius 2 is 1.76 bits per heavy atom. The SMILES string of the molecule is C=CC1CC1(NC(=O)[C@@H]1C[C@@H]2CN1C(=O)[C@H](C(C)C)NC(=O)OCCCCCOc1cnn2c(=O)c1-c1ccc2ccccc2c1)C(=O)NS(=O)(=O)C1CC1. The Morgan fingerprint density at radius 3 is 2.45 bits per heavy atom. The number of aromatic nitrogens is 2. The zero-order chi connectivity index (χ0) is 39.1. The zero-order valence-electron chi connectivity index (χ0n) is 30.9. The fraction of sp³-hybridized carbons (Fsp3) is 0.487. The summed E-state index contributed by atoms with van der Waals surface area (Å²) in [6, 6.07) is 10.3. The predicted octanol–water partition coefficient (Wildman–Crippen LogP) is 3.19. The average molecular weight is 775 g/mol. The molecule has 16 heteroatoms. The van der Waals surface area contributed by atoms with Crippen molar-refractivity contribution < 1.29 is 37.1 Å². The molecule has 0 spiro atoms. The van der Waals surface area contributed by atoms with E-state index in [1.807, 2.05) is 42.5 Å². The first-order chi connectivity index (χ1) is 26.3. The van der Waals surface area contributed by atoms with E-state index < -0.39 is 80.1 Å². The summed E-state index contributed by atoms with van der Waals surface area (Å²) < 4.78 is 40.4. The number of rotatable bonds is 8. The predicted molar refractivity (Wildman–Crippen MR) is 202 cm³/mol. The van der Waals surface area contributed by atoms with Gasteiger partial charge in [0.2, 0.25) is 21.8 Å². The van der Waals surface area contributed by atoms with Crippen molar-refractivity contribution in [3.8, 4) is 16.9 Å². The van der Waals surface area contributed by atoms with Crippen LogP contribution in [0.3, 0.4) is 0 Å². The van der Waals surface area contributed by atoms with Crippen molar-refractivity contribution in [2.45, 2.75) is 87.7 Å². The van der Waals surface area contributed by atoms with Crippen LogP contribution in [0.15, 0.2) is 66.1 Å². The Hall–Kier alpha value is -5.25. The lowest BCUT2D eigenvalue weighted by Gasteiger charge is -2.31. The summed E-state index contributed by atoms with van der Waals surface area (Å²) in [6.07, 6.45) is 4.91. The van der Waals surface area contributed by atoms with Gasteiger partial charge >= 0.3 is 6.09 Å². The molecule has 4 heterocycles. The molecule has 0 radical (unpaired) electrons. The van der Waals surface area contributed by atoms with E-state index in [9.17, 15) is 32.4 Å². The zero-order valence-corrected chi connectivity index (χ0v) is 31.7. The lowest BCUT2D eigenvalue weighted by atomic mass is 10.0. The average Bonchev–Trinajstić information content (AvgIpc) is 4.09. The van der Waals surface area contributed by atoms with Crippen molar-refractivity contribution in [3.05, 3.63) is 71.7 Å². The number of nitrogens with zero attached hydrogens (tertiary/aromatic N) is 3. The Kier molecular flexibility index (Phi) is 10.5. The molecule has 3 aromatic rings. The summed E-state index contributed by atoms with van der Waals surface area (Å²) in [5.41, 5.74) is -1.19. The van der Waals surface area contributed by atoms with E-state index in [-0.39, 0.29) is 43.9 Å². The first-order valence-corrected chi connectivity index (χ1v) is 20.4. The number of amides is 4. The number of nitrogens with one attached hydrogen (secondary N) is 3. The number of benzene rings is 2. The lowest BCUT2D eigenvalue weighted by Crippen LogP contribution is -2.59. The molecule has 1 aromatic heterocycles. The van der Waals surface area contributed by atoms with E-state index >= 15 is 0 Å². The van der Waals surface area contributed by atoms with E-state index in [0.717, 1.165) is 10.8 Å². The van der Waals surface area contributed by atoms with Crippen LogP contribution >= 0.6 is 0 Å². The van der Waals surface area contributed by atoms with Crippen LogP contribution in [0.25, 0.3) is 21.9 Å². The number of hydrogen-bond donors (Lipinski definition) is 3. The van der Waals surface area contributed by atoms with Gasteiger partial charge in [0.1, 0.15) is 17.6 Å². The highest BCUT2D eigenvalue weighted by Gasteiger charge is 2.62. The maximum Gasteiger partial charge on any atom is 0.407 e. The first kappa shape index (κ1) is 38.0. The van der Waals surface area contributed by atoms with Crippen LogP contribution in [-0.2, 0) is 29.1 Å². The molecular weight excluding hydrogens is 729 g/mol. The molecule has 4 bridgehead atoms. The van der Waals surface area contributed by atoms with Crippen LogP contribution in [0.4, 0.5) is 4.79 Å². The van der Waals surface area contributed by atoms with Gasteiger partial charge in [-0.1, -0.05) is 56.3 Å². The van der Waals surface area contributed by atoms with E-state index in [1.165, 1.54) is 21.9 Å². The van der Waals surface area contributed by atoms with E-state index in [0.29, 0.717) is 37.7 Å². The van der Waals surface area contributed by atoms with Crippen LogP contribution in [0.5, 0.6) is 5.75 Å². The topological polar surface area (TPSA) is 195 Å². The second-order valence-electron chi connectivity index (χ2n) is 15.2. The van der Waals surface area contributed by atoms with Crippen molar-refractivity contribution in [3.63, 3.8) is 0 Å². The first-order valence-electron chi connectivity index (χ1n) is 18.8. The van der Waals surface area contributed by atoms with Crippen molar-refractivity contribution >= 4 is 44.6 Å². The van der Waals surface area contributed by atoms with Gasteiger partial charge in [0, 0.05) is 18.9 Å². The summed E-state index contributed by atoms with van der Waals surface area (Å²) in [7, 11) is -3.93. The molecule has 2 saturated carbocycles. The van der Waals surface area contributed by atoms with Gasteiger partial charge in [-0.2, -0.15) is 5.10 Å². The highest BCUT2D eigenvalue weighted by molar-refractivity contribution is 7.91. The second-order valence-corrected chi connectivity index (χ2v) is 17.1. The molecular formula is C39H46N6O9S. The normalized spacial score (nSPS) is 26.0. The van der Waals surface area contributed by atoms with E-state index in [4.69, 9.17) is 9.47 Å². The molecule has 2 unspecified atom stereocenters. The monoisotopic (exact) mass is 774 g/mol. The number of carbonyl (C=O) groups excluding carboxylic acids is 4. The highest BCUT2D eigenvalue weighted by atomic mass is 32.2. The van der Waals surface area contributed by atoms with E-state index in [1.54, 1.807) is 13.8 Å². The van der Waals surface area contributed by atoms with Crippen LogP contribution in [0.2, 0.25) is 0 Å². The third-order valence-electron chi connectivity index (χ3n) is 11.0. The molecule has 15 nitrogen and oxygen atoms in total. The van der Waals surface area contributed by atoms with Crippen molar-refractivity contribution in [2.24, 2.45) is 11.8 Å². The van der Waals surface area contributed by atoms with Gasteiger partial charge in [-0.3, -0.25) is 23.9 Å². The Balaban J connectivity index is 1.27. The number of ether oxygens (including phenoxy) is 2. The van der Waals surface area contributed by atoms with Crippen molar-refractivity contribution in [1.29, 1.82) is 0 Å².